The quantitative estimate of drug-likeness (QED) is 0.335. The monoisotopic (exact) mass is 532 g/mol. The highest BCUT2D eigenvalue weighted by Gasteiger charge is 2.33. The number of aromatic nitrogens is 5. The zero-order valence-corrected chi connectivity index (χ0v) is 21.4. The zero-order chi connectivity index (χ0) is 26.6. The van der Waals surface area contributed by atoms with Crippen molar-refractivity contribution in [2.24, 2.45) is 0 Å². The Balaban J connectivity index is 1.37. The lowest BCUT2D eigenvalue weighted by Gasteiger charge is -2.22. The number of methoxy groups -OCH3 is 1. The van der Waals surface area contributed by atoms with Crippen molar-refractivity contribution in [1.82, 2.24) is 24.9 Å². The van der Waals surface area contributed by atoms with Gasteiger partial charge in [-0.1, -0.05) is 0 Å². The number of halogens is 1. The molecular weight excluding hydrogens is 511 g/mol. The van der Waals surface area contributed by atoms with E-state index in [1.54, 1.807) is 13.1 Å². The number of rotatable bonds is 5. The molecule has 1 amide bonds. The maximum absolute atomic E-state index is 15.1. The van der Waals surface area contributed by atoms with Crippen molar-refractivity contribution in [3.8, 4) is 22.2 Å². The molecule has 0 aliphatic carbocycles. The number of carboxylic acid groups (broad SMARTS) is 1. The van der Waals surface area contributed by atoms with Crippen LogP contribution < -0.4 is 14.4 Å². The summed E-state index contributed by atoms with van der Waals surface area (Å²) >= 11 is 1.42. The average Bonchev–Trinajstić information content (AvgIpc) is 3.51. The first kappa shape index (κ1) is 23.9. The zero-order valence-electron chi connectivity index (χ0n) is 20.6. The van der Waals surface area contributed by atoms with E-state index in [-0.39, 0.29) is 12.3 Å². The molecule has 0 spiro atoms. The number of anilines is 1. The second-order valence-electron chi connectivity index (χ2n) is 8.95. The minimum atomic E-state index is -1.17. The van der Waals surface area contributed by atoms with E-state index in [4.69, 9.17) is 14.5 Å². The number of carbonyl (C=O) groups is 1. The molecule has 0 unspecified atom stereocenters. The van der Waals surface area contributed by atoms with E-state index in [9.17, 15) is 9.90 Å². The van der Waals surface area contributed by atoms with Crippen molar-refractivity contribution in [3.05, 3.63) is 59.6 Å². The van der Waals surface area contributed by atoms with Crippen molar-refractivity contribution in [2.75, 3.05) is 18.6 Å². The summed E-state index contributed by atoms with van der Waals surface area (Å²) in [6.07, 6.45) is 3.00. The molecule has 1 atom stereocenters. The summed E-state index contributed by atoms with van der Waals surface area (Å²) in [6, 6.07) is 5.25. The highest BCUT2D eigenvalue weighted by atomic mass is 32.1. The van der Waals surface area contributed by atoms with Gasteiger partial charge < -0.3 is 14.6 Å². The van der Waals surface area contributed by atoms with Gasteiger partial charge in [-0.15, -0.1) is 11.3 Å². The molecule has 38 heavy (non-hydrogen) atoms. The van der Waals surface area contributed by atoms with Crippen LogP contribution in [0.2, 0.25) is 0 Å². The van der Waals surface area contributed by atoms with Gasteiger partial charge in [0, 0.05) is 23.6 Å². The number of amides is 1. The molecule has 10 nitrogen and oxygen atoms in total. The van der Waals surface area contributed by atoms with E-state index in [0.29, 0.717) is 50.9 Å². The van der Waals surface area contributed by atoms with Gasteiger partial charge in [-0.25, -0.2) is 34.1 Å². The van der Waals surface area contributed by atoms with Crippen LogP contribution in [0.25, 0.3) is 31.8 Å². The van der Waals surface area contributed by atoms with Gasteiger partial charge in [0.25, 0.3) is 0 Å². The normalized spacial score (nSPS) is 14.5. The summed E-state index contributed by atoms with van der Waals surface area (Å²) in [5.74, 6) is 0.530. The van der Waals surface area contributed by atoms with Crippen molar-refractivity contribution >= 4 is 44.4 Å². The van der Waals surface area contributed by atoms with Crippen LogP contribution in [0.4, 0.5) is 14.9 Å². The molecule has 2 aromatic carbocycles. The minimum Gasteiger partial charge on any atom is -0.485 e. The predicted molar refractivity (Wildman–Crippen MR) is 140 cm³/mol. The summed E-state index contributed by atoms with van der Waals surface area (Å²) in [7, 11) is 1.54. The van der Waals surface area contributed by atoms with E-state index in [1.165, 1.54) is 36.9 Å². The molecule has 0 radical (unpaired) electrons. The Morgan fingerprint density at radius 1 is 1.16 bits per heavy atom. The second-order valence-corrected chi connectivity index (χ2v) is 9.95. The first-order valence-corrected chi connectivity index (χ1v) is 12.5. The predicted octanol–water partition coefficient (Wildman–Crippen LogP) is 4.95. The number of benzene rings is 2. The Bertz CT molecular complexity index is 1730. The van der Waals surface area contributed by atoms with Crippen LogP contribution in [-0.4, -0.2) is 55.9 Å². The van der Waals surface area contributed by atoms with E-state index < -0.39 is 18.0 Å². The van der Waals surface area contributed by atoms with Crippen molar-refractivity contribution < 1.29 is 23.8 Å². The average molecular weight is 533 g/mol. The third-order valence-electron chi connectivity index (χ3n) is 6.30. The first-order chi connectivity index (χ1) is 18.3. The molecule has 1 N–H and O–H groups in total. The number of hydrogen-bond donors (Lipinski definition) is 1. The highest BCUT2D eigenvalue weighted by Crippen LogP contribution is 2.43. The number of ether oxygens (including phenoxy) is 2. The van der Waals surface area contributed by atoms with Gasteiger partial charge in [-0.2, -0.15) is 0 Å². The molecule has 0 fully saturated rings. The van der Waals surface area contributed by atoms with Gasteiger partial charge in [0.15, 0.2) is 11.6 Å². The fourth-order valence-corrected chi connectivity index (χ4v) is 5.69. The standard InChI is InChI=1S/C26H21FN6O4S/c1-12-4-16(22-19(5-12)31-21(36-3)10-30-22)25-32-20-7-18(27)23-17(24(20)38-25)6-15(37-23)11-33(26(34)35)14-8-28-13(2)29-9-14/h4-5,7-10,15H,6,11H2,1-3H3,(H,34,35)/t15-/m0/s1. The maximum Gasteiger partial charge on any atom is 0.412 e. The second kappa shape index (κ2) is 9.14. The highest BCUT2D eigenvalue weighted by molar-refractivity contribution is 7.22. The summed E-state index contributed by atoms with van der Waals surface area (Å²) < 4.78 is 27.0. The van der Waals surface area contributed by atoms with Crippen LogP contribution in [0.5, 0.6) is 11.6 Å². The topological polar surface area (TPSA) is 123 Å². The van der Waals surface area contributed by atoms with Crippen LogP contribution in [0.1, 0.15) is 17.0 Å². The molecule has 1 aliphatic heterocycles. The van der Waals surface area contributed by atoms with E-state index in [1.807, 2.05) is 19.1 Å². The van der Waals surface area contributed by atoms with E-state index in [0.717, 1.165) is 20.7 Å². The lowest BCUT2D eigenvalue weighted by atomic mass is 10.1. The van der Waals surface area contributed by atoms with E-state index >= 15 is 4.39 Å². The minimum absolute atomic E-state index is 0.0109. The molecular formula is C26H21FN6O4S. The SMILES string of the molecule is COc1cnc2c(-c3nc4cc(F)c5c(c4s3)C[C@@H](CN(C(=O)O)c3cnc(C)nc3)O5)cc(C)cc2n1. The van der Waals surface area contributed by atoms with Crippen LogP contribution in [0.3, 0.4) is 0 Å². The van der Waals surface area contributed by atoms with Gasteiger partial charge in [-0.05, 0) is 31.5 Å². The lowest BCUT2D eigenvalue weighted by Crippen LogP contribution is -2.38. The van der Waals surface area contributed by atoms with Gasteiger partial charge in [0.1, 0.15) is 16.9 Å². The lowest BCUT2D eigenvalue weighted by molar-refractivity contribution is 0.190. The summed E-state index contributed by atoms with van der Waals surface area (Å²) in [4.78, 5) is 35.0. The van der Waals surface area contributed by atoms with Crippen LogP contribution in [0, 0.1) is 19.7 Å². The molecule has 192 valence electrons. The Morgan fingerprint density at radius 3 is 2.68 bits per heavy atom. The Hall–Kier alpha value is -4.45. The first-order valence-electron chi connectivity index (χ1n) is 11.7. The molecule has 12 heteroatoms. The van der Waals surface area contributed by atoms with Gasteiger partial charge in [0.2, 0.25) is 5.88 Å². The number of nitrogens with zero attached hydrogens (tertiary/aromatic N) is 6. The van der Waals surface area contributed by atoms with Crippen LogP contribution in [-0.2, 0) is 6.42 Å². The molecule has 0 saturated heterocycles. The Kier molecular flexibility index (Phi) is 5.75. The molecule has 0 saturated carbocycles. The number of hydrogen-bond acceptors (Lipinski definition) is 9. The maximum atomic E-state index is 15.1. The molecule has 6 rings (SSSR count). The fraction of sp³-hybridized carbons (Fsp3) is 0.231. The van der Waals surface area contributed by atoms with Crippen molar-refractivity contribution in [1.29, 1.82) is 0 Å². The van der Waals surface area contributed by atoms with Crippen LogP contribution >= 0.6 is 11.3 Å². The molecule has 1 aliphatic rings. The summed E-state index contributed by atoms with van der Waals surface area (Å²) in [6.45, 7) is 3.66. The number of aryl methyl sites for hydroxylation is 2. The van der Waals surface area contributed by atoms with Crippen molar-refractivity contribution in [3.63, 3.8) is 0 Å². The third-order valence-corrected chi connectivity index (χ3v) is 7.47. The van der Waals surface area contributed by atoms with Gasteiger partial charge >= 0.3 is 6.09 Å². The Labute approximate surface area is 219 Å². The number of fused-ring (bicyclic) bond motifs is 4. The fourth-order valence-electron chi connectivity index (χ4n) is 4.58. The largest absolute Gasteiger partial charge is 0.485 e. The third kappa shape index (κ3) is 4.12. The van der Waals surface area contributed by atoms with Crippen molar-refractivity contribution in [2.45, 2.75) is 26.4 Å². The molecule has 3 aromatic heterocycles. The van der Waals surface area contributed by atoms with Gasteiger partial charge in [0.05, 0.1) is 59.2 Å². The Morgan fingerprint density at radius 2 is 1.95 bits per heavy atom. The molecule has 5 aromatic rings. The van der Waals surface area contributed by atoms with Crippen LogP contribution in [0.15, 0.2) is 36.8 Å². The van der Waals surface area contributed by atoms with E-state index in [2.05, 4.69) is 19.9 Å². The number of thiazole rings is 1. The smallest absolute Gasteiger partial charge is 0.412 e. The summed E-state index contributed by atoms with van der Waals surface area (Å²) in [5.41, 5.74) is 4.59. The molecule has 0 bridgehead atoms. The molecule has 4 heterocycles. The van der Waals surface area contributed by atoms with Gasteiger partial charge in [-0.3, -0.25) is 4.90 Å². The summed E-state index contributed by atoms with van der Waals surface area (Å²) in [5, 5.41) is 10.5.